The van der Waals surface area contributed by atoms with Crippen LogP contribution in [0.15, 0.2) is 6.20 Å². The van der Waals surface area contributed by atoms with Crippen LogP contribution in [0.5, 0.6) is 0 Å². The van der Waals surface area contributed by atoms with Crippen molar-refractivity contribution >= 4 is 11.5 Å². The number of nitro groups is 1. The van der Waals surface area contributed by atoms with Gasteiger partial charge >= 0.3 is 5.69 Å². The third-order valence-electron chi connectivity index (χ3n) is 3.76. The molecule has 1 aromatic rings. The minimum absolute atomic E-state index is 0.0286. The summed E-state index contributed by atoms with van der Waals surface area (Å²) in [6, 6.07) is -0.120. The van der Waals surface area contributed by atoms with Gasteiger partial charge in [-0.25, -0.2) is 0 Å². The Hall–Kier alpha value is -1.67. The quantitative estimate of drug-likeness (QED) is 0.573. The largest absolute Gasteiger partial charge is 0.376 e. The molecule has 1 saturated carbocycles. The van der Waals surface area contributed by atoms with Crippen molar-refractivity contribution in [1.29, 1.82) is 0 Å². The van der Waals surface area contributed by atoms with E-state index in [-0.39, 0.29) is 29.7 Å². The number of aryl methyl sites for hydroxylation is 1. The van der Waals surface area contributed by atoms with E-state index in [1.54, 1.807) is 7.05 Å². The maximum atomic E-state index is 10.9. The number of anilines is 1. The number of hydrogen-bond donors (Lipinski definition) is 2. The summed E-state index contributed by atoms with van der Waals surface area (Å²) < 4.78 is 6.98. The molecule has 0 amide bonds. The zero-order valence-corrected chi connectivity index (χ0v) is 9.94. The van der Waals surface area contributed by atoms with E-state index in [2.05, 4.69) is 10.4 Å². The van der Waals surface area contributed by atoms with Crippen LogP contribution in [0.3, 0.4) is 0 Å². The van der Waals surface area contributed by atoms with Gasteiger partial charge in [-0.1, -0.05) is 0 Å². The highest BCUT2D eigenvalue weighted by atomic mass is 16.6. The van der Waals surface area contributed by atoms with Gasteiger partial charge < -0.3 is 15.8 Å². The SMILES string of the molecule is Cn1cc([N+](=O)[O-])c(NC2C(N)C3CCOC32)n1. The molecule has 4 atom stereocenters. The van der Waals surface area contributed by atoms with Gasteiger partial charge in [0.1, 0.15) is 6.20 Å². The van der Waals surface area contributed by atoms with Crippen LogP contribution in [0.1, 0.15) is 6.42 Å². The molecule has 3 rings (SSSR count). The lowest BCUT2D eigenvalue weighted by molar-refractivity contribution is -0.384. The Labute approximate surface area is 103 Å². The van der Waals surface area contributed by atoms with Crippen molar-refractivity contribution in [3.63, 3.8) is 0 Å². The third kappa shape index (κ3) is 1.57. The van der Waals surface area contributed by atoms with Crippen LogP contribution < -0.4 is 11.1 Å². The first-order chi connectivity index (χ1) is 8.58. The summed E-state index contributed by atoms with van der Waals surface area (Å²) in [6.45, 7) is 0.714. The molecule has 3 N–H and O–H groups in total. The summed E-state index contributed by atoms with van der Waals surface area (Å²) in [6.07, 6.45) is 2.40. The first-order valence-electron chi connectivity index (χ1n) is 5.89. The Morgan fingerprint density at radius 3 is 3.22 bits per heavy atom. The minimum atomic E-state index is -0.452. The van der Waals surface area contributed by atoms with E-state index in [1.807, 2.05) is 0 Å². The van der Waals surface area contributed by atoms with Gasteiger partial charge in [0.2, 0.25) is 5.82 Å². The topological polar surface area (TPSA) is 108 Å². The molecule has 1 aliphatic heterocycles. The van der Waals surface area contributed by atoms with Gasteiger partial charge in [0.15, 0.2) is 0 Å². The van der Waals surface area contributed by atoms with Crippen LogP contribution in [0.4, 0.5) is 11.5 Å². The molecule has 2 heterocycles. The molecule has 1 aliphatic carbocycles. The molecule has 8 heteroatoms. The molecule has 98 valence electrons. The Bertz CT molecular complexity index is 488. The molecule has 2 aliphatic rings. The van der Waals surface area contributed by atoms with E-state index in [1.165, 1.54) is 10.9 Å². The number of rotatable bonds is 3. The number of fused-ring (bicyclic) bond motifs is 1. The monoisotopic (exact) mass is 253 g/mol. The molecule has 4 unspecified atom stereocenters. The Balaban J connectivity index is 1.79. The number of nitrogens with two attached hydrogens (primary N) is 1. The van der Waals surface area contributed by atoms with Crippen LogP contribution in [0.2, 0.25) is 0 Å². The van der Waals surface area contributed by atoms with E-state index in [0.29, 0.717) is 12.5 Å². The molecule has 1 saturated heterocycles. The first kappa shape index (κ1) is 11.4. The van der Waals surface area contributed by atoms with Crippen molar-refractivity contribution in [3.05, 3.63) is 16.3 Å². The second-order valence-corrected chi connectivity index (χ2v) is 4.83. The summed E-state index contributed by atoms with van der Waals surface area (Å²) in [5.41, 5.74) is 6.01. The summed E-state index contributed by atoms with van der Waals surface area (Å²) in [5.74, 6) is 0.627. The van der Waals surface area contributed by atoms with Gasteiger partial charge in [-0.15, -0.1) is 5.10 Å². The van der Waals surface area contributed by atoms with Crippen LogP contribution in [-0.4, -0.2) is 39.5 Å². The summed E-state index contributed by atoms with van der Waals surface area (Å²) in [4.78, 5) is 10.4. The molecular formula is C10H15N5O3. The van der Waals surface area contributed by atoms with Gasteiger partial charge in [0.25, 0.3) is 0 Å². The second-order valence-electron chi connectivity index (χ2n) is 4.83. The van der Waals surface area contributed by atoms with Gasteiger partial charge in [0, 0.05) is 25.6 Å². The van der Waals surface area contributed by atoms with Gasteiger partial charge in [-0.3, -0.25) is 14.8 Å². The predicted octanol–water partition coefficient (Wildman–Crippen LogP) is -0.145. The van der Waals surface area contributed by atoms with Crippen molar-refractivity contribution in [2.45, 2.75) is 24.6 Å². The van der Waals surface area contributed by atoms with Crippen molar-refractivity contribution < 1.29 is 9.66 Å². The average Bonchev–Trinajstić information content (AvgIpc) is 2.89. The lowest BCUT2D eigenvalue weighted by atomic mass is 9.72. The summed E-state index contributed by atoms with van der Waals surface area (Å²) >= 11 is 0. The molecule has 2 fully saturated rings. The number of nitrogens with one attached hydrogen (secondary N) is 1. The van der Waals surface area contributed by atoms with Gasteiger partial charge in [-0.2, -0.15) is 0 Å². The van der Waals surface area contributed by atoms with Gasteiger partial charge in [-0.05, 0) is 6.42 Å². The summed E-state index contributed by atoms with van der Waals surface area (Å²) in [7, 11) is 1.65. The standard InChI is InChI=1S/C10H15N5O3/c1-14-4-6(15(16)17)10(13-14)12-8-7(11)5-2-3-18-9(5)8/h4-5,7-9H,2-3,11H2,1H3,(H,12,13). The zero-order valence-electron chi connectivity index (χ0n) is 9.94. The Morgan fingerprint density at radius 2 is 2.50 bits per heavy atom. The normalized spacial score (nSPS) is 33.9. The van der Waals surface area contributed by atoms with Crippen molar-refractivity contribution in [2.24, 2.45) is 18.7 Å². The maximum absolute atomic E-state index is 10.9. The maximum Gasteiger partial charge on any atom is 0.330 e. The van der Waals surface area contributed by atoms with Crippen molar-refractivity contribution in [1.82, 2.24) is 9.78 Å². The first-order valence-corrected chi connectivity index (χ1v) is 5.89. The van der Waals surface area contributed by atoms with Crippen LogP contribution in [0, 0.1) is 16.0 Å². The highest BCUT2D eigenvalue weighted by molar-refractivity contribution is 5.56. The molecule has 1 aromatic heterocycles. The van der Waals surface area contributed by atoms with E-state index in [9.17, 15) is 10.1 Å². The van der Waals surface area contributed by atoms with E-state index >= 15 is 0 Å². The Kier molecular flexibility index (Phi) is 2.49. The number of aromatic nitrogens is 2. The van der Waals surface area contributed by atoms with Crippen LogP contribution in [0.25, 0.3) is 0 Å². The number of nitrogens with zero attached hydrogens (tertiary/aromatic N) is 3. The lowest BCUT2D eigenvalue weighted by Gasteiger charge is -2.45. The number of ether oxygens (including phenoxy) is 1. The second kappa shape index (κ2) is 3.92. The average molecular weight is 253 g/mol. The smallest absolute Gasteiger partial charge is 0.330 e. The zero-order chi connectivity index (χ0) is 12.9. The number of hydrogen-bond acceptors (Lipinski definition) is 6. The van der Waals surface area contributed by atoms with Gasteiger partial charge in [0.05, 0.1) is 17.1 Å². The van der Waals surface area contributed by atoms with Crippen LogP contribution in [-0.2, 0) is 11.8 Å². The molecule has 0 bridgehead atoms. The van der Waals surface area contributed by atoms with E-state index < -0.39 is 4.92 Å². The molecular weight excluding hydrogens is 238 g/mol. The molecule has 0 radical (unpaired) electrons. The van der Waals surface area contributed by atoms with E-state index in [4.69, 9.17) is 10.5 Å². The minimum Gasteiger partial charge on any atom is -0.376 e. The fourth-order valence-corrected chi connectivity index (χ4v) is 2.80. The van der Waals surface area contributed by atoms with Crippen LogP contribution >= 0.6 is 0 Å². The fraction of sp³-hybridized carbons (Fsp3) is 0.700. The summed E-state index contributed by atoms with van der Waals surface area (Å²) in [5, 5.41) is 18.0. The molecule has 0 spiro atoms. The van der Waals surface area contributed by atoms with E-state index in [0.717, 1.165) is 6.42 Å². The molecule has 8 nitrogen and oxygen atoms in total. The predicted molar refractivity (Wildman–Crippen MR) is 63.1 cm³/mol. The highest BCUT2D eigenvalue weighted by Gasteiger charge is 2.52. The molecule has 0 aromatic carbocycles. The fourth-order valence-electron chi connectivity index (χ4n) is 2.80. The Morgan fingerprint density at radius 1 is 1.72 bits per heavy atom. The lowest BCUT2D eigenvalue weighted by Crippen LogP contribution is -2.65. The third-order valence-corrected chi connectivity index (χ3v) is 3.76. The molecule has 18 heavy (non-hydrogen) atoms. The van der Waals surface area contributed by atoms with Crippen molar-refractivity contribution in [3.8, 4) is 0 Å². The van der Waals surface area contributed by atoms with Crippen molar-refractivity contribution in [2.75, 3.05) is 11.9 Å². The highest BCUT2D eigenvalue weighted by Crippen LogP contribution is 2.40.